The average molecular weight is 357 g/mol. The Labute approximate surface area is 133 Å². The van der Waals surface area contributed by atoms with Crippen LogP contribution in [0.4, 0.5) is 10.5 Å². The highest BCUT2D eigenvalue weighted by atomic mass is 79.9. The molecule has 0 spiro atoms. The van der Waals surface area contributed by atoms with Crippen LogP contribution in [-0.2, 0) is 9.53 Å². The number of benzene rings is 1. The summed E-state index contributed by atoms with van der Waals surface area (Å²) in [5.41, 5.74) is 1.23. The molecule has 6 heteroatoms. The maximum atomic E-state index is 11.8. The molecule has 0 saturated carbocycles. The number of halogens is 1. The normalized spacial score (nSPS) is 10.9. The number of carbonyl (C=O) groups is 2. The Morgan fingerprint density at radius 2 is 1.95 bits per heavy atom. The summed E-state index contributed by atoms with van der Waals surface area (Å²) < 4.78 is 5.90. The lowest BCUT2D eigenvalue weighted by molar-refractivity contribution is -0.116. The zero-order chi connectivity index (χ0) is 16.0. The first kappa shape index (κ1) is 17.5. The molecule has 0 aliphatic rings. The van der Waals surface area contributed by atoms with Gasteiger partial charge in [-0.3, -0.25) is 4.79 Å². The zero-order valence-electron chi connectivity index (χ0n) is 12.7. The van der Waals surface area contributed by atoms with E-state index in [2.05, 4.69) is 26.6 Å². The van der Waals surface area contributed by atoms with Crippen molar-refractivity contribution in [1.82, 2.24) is 5.32 Å². The van der Waals surface area contributed by atoms with Gasteiger partial charge >= 0.3 is 6.09 Å². The molecule has 0 saturated heterocycles. The molecule has 1 aromatic rings. The van der Waals surface area contributed by atoms with Crippen molar-refractivity contribution < 1.29 is 14.3 Å². The van der Waals surface area contributed by atoms with Gasteiger partial charge in [0.05, 0.1) is 5.69 Å². The lowest BCUT2D eigenvalue weighted by Crippen LogP contribution is -2.34. The van der Waals surface area contributed by atoms with Crippen molar-refractivity contribution in [2.45, 2.75) is 39.7 Å². The van der Waals surface area contributed by atoms with Gasteiger partial charge in [-0.05, 0) is 61.3 Å². The summed E-state index contributed by atoms with van der Waals surface area (Å²) in [5, 5.41) is 5.34. The van der Waals surface area contributed by atoms with Crippen LogP contribution in [0.15, 0.2) is 22.7 Å². The van der Waals surface area contributed by atoms with Crippen molar-refractivity contribution in [3.63, 3.8) is 0 Å². The first-order chi connectivity index (χ1) is 9.67. The van der Waals surface area contributed by atoms with Gasteiger partial charge in [-0.15, -0.1) is 0 Å². The second kappa shape index (κ2) is 7.45. The topological polar surface area (TPSA) is 67.4 Å². The third kappa shape index (κ3) is 7.13. The van der Waals surface area contributed by atoms with Crippen molar-refractivity contribution in [2.75, 3.05) is 11.9 Å². The van der Waals surface area contributed by atoms with Crippen molar-refractivity contribution in [3.05, 3.63) is 28.2 Å². The first-order valence-electron chi connectivity index (χ1n) is 6.70. The molecular weight excluding hydrogens is 336 g/mol. The maximum Gasteiger partial charge on any atom is 0.407 e. The van der Waals surface area contributed by atoms with E-state index in [0.717, 1.165) is 15.7 Å². The summed E-state index contributed by atoms with van der Waals surface area (Å²) in [4.78, 5) is 23.2. The summed E-state index contributed by atoms with van der Waals surface area (Å²) in [6, 6.07) is 5.71. The Hall–Kier alpha value is -1.56. The van der Waals surface area contributed by atoms with Crippen molar-refractivity contribution >= 4 is 33.6 Å². The number of nitrogens with one attached hydrogen (secondary N) is 2. The minimum Gasteiger partial charge on any atom is -0.444 e. The first-order valence-corrected chi connectivity index (χ1v) is 7.49. The summed E-state index contributed by atoms with van der Waals surface area (Å²) in [6.45, 7) is 7.54. The number of hydrogen-bond donors (Lipinski definition) is 2. The van der Waals surface area contributed by atoms with Crippen molar-refractivity contribution in [2.24, 2.45) is 0 Å². The van der Waals surface area contributed by atoms with Gasteiger partial charge in [-0.1, -0.05) is 6.07 Å². The van der Waals surface area contributed by atoms with E-state index in [9.17, 15) is 9.59 Å². The van der Waals surface area contributed by atoms with Gasteiger partial charge in [0, 0.05) is 17.4 Å². The third-order valence-electron chi connectivity index (χ3n) is 2.42. The van der Waals surface area contributed by atoms with E-state index in [0.29, 0.717) is 0 Å². The molecule has 0 atom stereocenters. The van der Waals surface area contributed by atoms with Gasteiger partial charge in [0.25, 0.3) is 0 Å². The molecule has 0 aliphatic carbocycles. The molecule has 1 aromatic carbocycles. The minimum absolute atomic E-state index is 0.169. The number of anilines is 1. The third-order valence-corrected chi connectivity index (χ3v) is 3.11. The molecule has 2 amide bonds. The van der Waals surface area contributed by atoms with Crippen LogP contribution in [0.1, 0.15) is 32.8 Å². The largest absolute Gasteiger partial charge is 0.444 e. The van der Waals surface area contributed by atoms with Crippen LogP contribution in [0.3, 0.4) is 0 Å². The van der Waals surface area contributed by atoms with Crippen LogP contribution in [0.25, 0.3) is 0 Å². The van der Waals surface area contributed by atoms with Gasteiger partial charge in [-0.25, -0.2) is 4.79 Å². The molecule has 116 valence electrons. The molecule has 0 aliphatic heterocycles. The number of alkyl carbamates (subject to hydrolysis) is 1. The molecule has 1 rings (SSSR count). The van der Waals surface area contributed by atoms with E-state index in [4.69, 9.17) is 4.74 Å². The number of rotatable bonds is 4. The van der Waals surface area contributed by atoms with Crippen LogP contribution in [0, 0.1) is 6.92 Å². The van der Waals surface area contributed by atoms with E-state index < -0.39 is 11.7 Å². The number of aryl methyl sites for hydroxylation is 1. The lowest BCUT2D eigenvalue weighted by atomic mass is 10.2. The summed E-state index contributed by atoms with van der Waals surface area (Å²) in [7, 11) is 0. The van der Waals surface area contributed by atoms with Gasteiger partial charge in [0.15, 0.2) is 0 Å². The highest BCUT2D eigenvalue weighted by molar-refractivity contribution is 9.10. The van der Waals surface area contributed by atoms with E-state index in [1.54, 1.807) is 20.8 Å². The second-order valence-electron chi connectivity index (χ2n) is 5.71. The molecule has 0 fully saturated rings. The fraction of sp³-hybridized carbons (Fsp3) is 0.467. The predicted octanol–water partition coefficient (Wildman–Crippen LogP) is 3.61. The molecular formula is C15H21BrN2O3. The highest BCUT2D eigenvalue weighted by Gasteiger charge is 2.16. The summed E-state index contributed by atoms with van der Waals surface area (Å²) in [6.07, 6.45) is -0.341. The number of amides is 2. The number of ether oxygens (including phenoxy) is 1. The Morgan fingerprint density at radius 3 is 2.57 bits per heavy atom. The van der Waals surface area contributed by atoms with Crippen molar-refractivity contribution in [3.8, 4) is 0 Å². The second-order valence-corrected chi connectivity index (χ2v) is 6.56. The van der Waals surface area contributed by atoms with Crippen LogP contribution in [0.2, 0.25) is 0 Å². The minimum atomic E-state index is -0.543. The molecule has 0 radical (unpaired) electrons. The van der Waals surface area contributed by atoms with Crippen LogP contribution in [0.5, 0.6) is 0 Å². The van der Waals surface area contributed by atoms with Gasteiger partial charge in [-0.2, -0.15) is 0 Å². The maximum absolute atomic E-state index is 11.8. The fourth-order valence-electron chi connectivity index (χ4n) is 1.54. The van der Waals surface area contributed by atoms with E-state index in [1.807, 2.05) is 25.1 Å². The molecule has 21 heavy (non-hydrogen) atoms. The van der Waals surface area contributed by atoms with Crippen LogP contribution >= 0.6 is 15.9 Å². The SMILES string of the molecule is Cc1ccc(Br)c(NC(=O)CCNC(=O)OC(C)(C)C)c1. The van der Waals surface area contributed by atoms with Crippen LogP contribution in [-0.4, -0.2) is 24.1 Å². The summed E-state index contributed by atoms with van der Waals surface area (Å²) >= 11 is 3.38. The van der Waals surface area contributed by atoms with Gasteiger partial charge in [0.1, 0.15) is 5.60 Å². The Morgan fingerprint density at radius 1 is 1.29 bits per heavy atom. The Balaban J connectivity index is 2.38. The molecule has 2 N–H and O–H groups in total. The number of hydrogen-bond acceptors (Lipinski definition) is 3. The lowest BCUT2D eigenvalue weighted by Gasteiger charge is -2.19. The number of carbonyl (C=O) groups excluding carboxylic acids is 2. The quantitative estimate of drug-likeness (QED) is 0.865. The van der Waals surface area contributed by atoms with Crippen LogP contribution < -0.4 is 10.6 Å². The molecule has 5 nitrogen and oxygen atoms in total. The fourth-order valence-corrected chi connectivity index (χ4v) is 1.89. The Kier molecular flexibility index (Phi) is 6.20. The van der Waals surface area contributed by atoms with E-state index in [1.165, 1.54) is 0 Å². The van der Waals surface area contributed by atoms with Gasteiger partial charge < -0.3 is 15.4 Å². The molecule has 0 bridgehead atoms. The highest BCUT2D eigenvalue weighted by Crippen LogP contribution is 2.23. The van der Waals surface area contributed by atoms with E-state index in [-0.39, 0.29) is 18.9 Å². The monoisotopic (exact) mass is 356 g/mol. The van der Waals surface area contributed by atoms with Gasteiger partial charge in [0.2, 0.25) is 5.91 Å². The predicted molar refractivity (Wildman–Crippen MR) is 86.4 cm³/mol. The molecule has 0 aromatic heterocycles. The standard InChI is InChI=1S/C15H21BrN2O3/c1-10-5-6-11(16)12(9-10)18-13(19)7-8-17-14(20)21-15(2,3)4/h5-6,9H,7-8H2,1-4H3,(H,17,20)(H,18,19). The zero-order valence-corrected chi connectivity index (χ0v) is 14.3. The summed E-state index contributed by atoms with van der Waals surface area (Å²) in [5.74, 6) is -0.169. The van der Waals surface area contributed by atoms with Crippen molar-refractivity contribution in [1.29, 1.82) is 0 Å². The average Bonchev–Trinajstić information content (AvgIpc) is 2.31. The van der Waals surface area contributed by atoms with E-state index >= 15 is 0 Å². The smallest absolute Gasteiger partial charge is 0.407 e. The molecule has 0 heterocycles. The molecule has 0 unspecified atom stereocenters. The Bertz CT molecular complexity index is 524.